The average molecular weight is 284 g/mol. The first-order valence-electron chi connectivity index (χ1n) is 7.97. The van der Waals surface area contributed by atoms with Crippen molar-refractivity contribution < 1.29 is 19.4 Å². The van der Waals surface area contributed by atoms with Crippen LogP contribution in [-0.4, -0.2) is 23.1 Å². The van der Waals surface area contributed by atoms with Crippen LogP contribution in [0.3, 0.4) is 0 Å². The number of carboxylic acids is 1. The number of hydrogen-bond donors (Lipinski definition) is 1. The highest BCUT2D eigenvalue weighted by atomic mass is 16.5. The number of hydrogen-bond acceptors (Lipinski definition) is 3. The monoisotopic (exact) mass is 284 g/mol. The van der Waals surface area contributed by atoms with E-state index in [1.54, 1.807) is 6.92 Å². The normalized spacial score (nSPS) is 17.5. The van der Waals surface area contributed by atoms with Gasteiger partial charge in [-0.25, -0.2) is 0 Å². The zero-order chi connectivity index (χ0) is 15.0. The molecule has 20 heavy (non-hydrogen) atoms. The van der Waals surface area contributed by atoms with Gasteiger partial charge in [0.1, 0.15) is 0 Å². The fourth-order valence-corrected chi connectivity index (χ4v) is 2.25. The van der Waals surface area contributed by atoms with Crippen molar-refractivity contribution in [3.8, 4) is 0 Å². The molecule has 4 heteroatoms. The molecule has 0 aromatic rings. The Labute approximate surface area is 121 Å². The third-order valence-electron chi connectivity index (χ3n) is 4.03. The van der Waals surface area contributed by atoms with Crippen molar-refractivity contribution in [2.75, 3.05) is 0 Å². The van der Waals surface area contributed by atoms with E-state index in [1.807, 2.05) is 6.92 Å². The summed E-state index contributed by atoms with van der Waals surface area (Å²) in [6.07, 6.45) is 9.17. The van der Waals surface area contributed by atoms with Crippen LogP contribution in [0.2, 0.25) is 0 Å². The molecule has 0 aromatic heterocycles. The second-order valence-electron chi connectivity index (χ2n) is 5.98. The van der Waals surface area contributed by atoms with Crippen LogP contribution in [0.15, 0.2) is 0 Å². The zero-order valence-electron chi connectivity index (χ0n) is 12.8. The number of ether oxygens (including phenoxy) is 1. The molecule has 1 saturated carbocycles. The number of aliphatic carboxylic acids is 1. The highest BCUT2D eigenvalue weighted by Gasteiger charge is 2.28. The maximum Gasteiger partial charge on any atom is 0.320 e. The number of unbranched alkanes of at least 4 members (excludes halogenated alkanes) is 3. The summed E-state index contributed by atoms with van der Waals surface area (Å²) in [6.45, 7) is 3.70. The van der Waals surface area contributed by atoms with Crippen molar-refractivity contribution in [1.29, 1.82) is 0 Å². The predicted molar refractivity (Wildman–Crippen MR) is 77.4 cm³/mol. The summed E-state index contributed by atoms with van der Waals surface area (Å²) in [6, 6.07) is 0. The third kappa shape index (κ3) is 6.92. The van der Waals surface area contributed by atoms with E-state index in [2.05, 4.69) is 0 Å². The Balaban J connectivity index is 2.16. The van der Waals surface area contributed by atoms with Gasteiger partial charge >= 0.3 is 11.9 Å². The average Bonchev–Trinajstić information content (AvgIpc) is 3.20. The lowest BCUT2D eigenvalue weighted by molar-refractivity contribution is -0.162. The second-order valence-corrected chi connectivity index (χ2v) is 5.98. The summed E-state index contributed by atoms with van der Waals surface area (Å²) in [4.78, 5) is 22.9. The first kappa shape index (κ1) is 17.0. The van der Waals surface area contributed by atoms with Crippen molar-refractivity contribution in [3.63, 3.8) is 0 Å². The molecule has 116 valence electrons. The van der Waals surface area contributed by atoms with E-state index in [0.717, 1.165) is 25.2 Å². The molecule has 1 fully saturated rings. The van der Waals surface area contributed by atoms with Gasteiger partial charge in [0.25, 0.3) is 0 Å². The van der Waals surface area contributed by atoms with Gasteiger partial charge < -0.3 is 9.84 Å². The molecule has 0 amide bonds. The van der Waals surface area contributed by atoms with Gasteiger partial charge in [0, 0.05) is 0 Å². The summed E-state index contributed by atoms with van der Waals surface area (Å²) < 4.78 is 5.12. The molecule has 0 heterocycles. The molecule has 2 atom stereocenters. The lowest BCUT2D eigenvalue weighted by atomic mass is 10.00. The highest BCUT2D eigenvalue weighted by molar-refractivity contribution is 5.93. The molecule has 0 spiro atoms. The topological polar surface area (TPSA) is 63.6 Å². The van der Waals surface area contributed by atoms with Crippen LogP contribution in [0, 0.1) is 11.8 Å². The molecule has 0 bridgehead atoms. The number of esters is 1. The molecule has 1 N–H and O–H groups in total. The van der Waals surface area contributed by atoms with Gasteiger partial charge in [0.15, 0.2) is 5.92 Å². The number of carbonyl (C=O) groups excluding carboxylic acids is 1. The van der Waals surface area contributed by atoms with E-state index in [-0.39, 0.29) is 6.10 Å². The summed E-state index contributed by atoms with van der Waals surface area (Å²) in [7, 11) is 0. The Bertz CT molecular complexity index is 310. The smallest absolute Gasteiger partial charge is 0.320 e. The van der Waals surface area contributed by atoms with Crippen LogP contribution in [-0.2, 0) is 14.3 Å². The minimum atomic E-state index is -1.06. The van der Waals surface area contributed by atoms with Crippen LogP contribution in [0.1, 0.15) is 71.6 Å². The molecule has 0 radical (unpaired) electrons. The second kappa shape index (κ2) is 8.98. The lowest BCUT2D eigenvalue weighted by Crippen LogP contribution is -2.28. The first-order valence-corrected chi connectivity index (χ1v) is 7.97. The number of carboxylic acid groups (broad SMARTS) is 1. The molecule has 1 aliphatic carbocycles. The standard InChI is InChI=1S/C16H28O4/c1-3-12(2)20-16(19)14(15(17)18)9-7-5-4-6-8-13-10-11-13/h12-14H,3-11H2,1-2H3,(H,17,18). The Morgan fingerprint density at radius 2 is 1.85 bits per heavy atom. The van der Waals surface area contributed by atoms with Crippen molar-refractivity contribution in [3.05, 3.63) is 0 Å². The molecular formula is C16H28O4. The van der Waals surface area contributed by atoms with E-state index >= 15 is 0 Å². The van der Waals surface area contributed by atoms with E-state index in [9.17, 15) is 9.59 Å². The van der Waals surface area contributed by atoms with Crippen LogP contribution in [0.5, 0.6) is 0 Å². The van der Waals surface area contributed by atoms with Crippen molar-refractivity contribution in [2.45, 2.75) is 77.7 Å². The molecule has 1 aliphatic rings. The van der Waals surface area contributed by atoms with Gasteiger partial charge in [0.05, 0.1) is 6.10 Å². The van der Waals surface area contributed by atoms with Crippen molar-refractivity contribution in [2.24, 2.45) is 11.8 Å². The quantitative estimate of drug-likeness (QED) is 0.356. The summed E-state index contributed by atoms with van der Waals surface area (Å²) in [5.41, 5.74) is 0. The fourth-order valence-electron chi connectivity index (χ4n) is 2.25. The van der Waals surface area contributed by atoms with Crippen LogP contribution >= 0.6 is 0 Å². The van der Waals surface area contributed by atoms with Crippen LogP contribution < -0.4 is 0 Å². The molecular weight excluding hydrogens is 256 g/mol. The molecule has 4 nitrogen and oxygen atoms in total. The Kier molecular flexibility index (Phi) is 7.63. The van der Waals surface area contributed by atoms with Gasteiger partial charge in [-0.3, -0.25) is 9.59 Å². The Hall–Kier alpha value is -1.06. The lowest BCUT2D eigenvalue weighted by Gasteiger charge is -2.15. The van der Waals surface area contributed by atoms with Gasteiger partial charge in [-0.05, 0) is 25.7 Å². The minimum absolute atomic E-state index is 0.206. The minimum Gasteiger partial charge on any atom is -0.481 e. The zero-order valence-corrected chi connectivity index (χ0v) is 12.8. The number of rotatable bonds is 11. The molecule has 0 aliphatic heterocycles. The van der Waals surface area contributed by atoms with Crippen LogP contribution in [0.4, 0.5) is 0 Å². The first-order chi connectivity index (χ1) is 9.54. The maximum absolute atomic E-state index is 11.8. The Morgan fingerprint density at radius 3 is 2.40 bits per heavy atom. The summed E-state index contributed by atoms with van der Waals surface area (Å²) in [5, 5.41) is 9.11. The summed E-state index contributed by atoms with van der Waals surface area (Å²) in [5.74, 6) is -1.67. The van der Waals surface area contributed by atoms with E-state index in [1.165, 1.54) is 25.7 Å². The predicted octanol–water partition coefficient (Wildman–Crippen LogP) is 3.78. The SMILES string of the molecule is CCC(C)OC(=O)C(CCCCCCC1CC1)C(=O)O. The van der Waals surface area contributed by atoms with E-state index < -0.39 is 17.9 Å². The maximum atomic E-state index is 11.8. The number of carbonyl (C=O) groups is 2. The third-order valence-corrected chi connectivity index (χ3v) is 4.03. The van der Waals surface area contributed by atoms with Gasteiger partial charge in [0.2, 0.25) is 0 Å². The van der Waals surface area contributed by atoms with Gasteiger partial charge in [-0.2, -0.15) is 0 Å². The van der Waals surface area contributed by atoms with Crippen molar-refractivity contribution in [1.82, 2.24) is 0 Å². The molecule has 0 saturated heterocycles. The molecule has 0 aromatic carbocycles. The van der Waals surface area contributed by atoms with Crippen LogP contribution in [0.25, 0.3) is 0 Å². The fraction of sp³-hybridized carbons (Fsp3) is 0.875. The van der Waals surface area contributed by atoms with Gasteiger partial charge in [-0.15, -0.1) is 0 Å². The molecule has 2 unspecified atom stereocenters. The largest absolute Gasteiger partial charge is 0.481 e. The van der Waals surface area contributed by atoms with Gasteiger partial charge in [-0.1, -0.05) is 51.9 Å². The molecule has 1 rings (SSSR count). The van der Waals surface area contributed by atoms with E-state index in [0.29, 0.717) is 12.8 Å². The summed E-state index contributed by atoms with van der Waals surface area (Å²) >= 11 is 0. The van der Waals surface area contributed by atoms with Crippen molar-refractivity contribution >= 4 is 11.9 Å². The Morgan fingerprint density at radius 1 is 1.20 bits per heavy atom. The highest BCUT2D eigenvalue weighted by Crippen LogP contribution is 2.34. The van der Waals surface area contributed by atoms with E-state index in [4.69, 9.17) is 9.84 Å².